The SMILES string of the molecule is COc1ccc(C(=O)Nc2ccc3c(c2)C(=O)N2CCC[C@@H]2C(=O)N3)cc1. The lowest BCUT2D eigenvalue weighted by Crippen LogP contribution is -2.40. The first-order chi connectivity index (χ1) is 13.1. The van der Waals surface area contributed by atoms with Crippen molar-refractivity contribution in [3.8, 4) is 5.75 Å². The maximum Gasteiger partial charge on any atom is 0.256 e. The van der Waals surface area contributed by atoms with Crippen molar-refractivity contribution in [2.45, 2.75) is 18.9 Å². The van der Waals surface area contributed by atoms with Crippen LogP contribution in [0.5, 0.6) is 5.75 Å². The molecule has 0 aliphatic carbocycles. The standard InChI is InChI=1S/C20H19N3O4/c1-27-14-7-4-12(5-8-14)18(24)21-13-6-9-16-15(11-13)20(26)23-10-2-3-17(23)19(25)22-16/h4-9,11,17H,2-3,10H2,1H3,(H,21,24)(H,22,25)/t17-/m1/s1. The molecule has 3 amide bonds. The number of carbonyl (C=O) groups is 3. The third-order valence-corrected chi connectivity index (χ3v) is 4.93. The van der Waals surface area contributed by atoms with Gasteiger partial charge < -0.3 is 20.3 Å². The molecule has 7 heteroatoms. The average Bonchev–Trinajstić information content (AvgIpc) is 3.15. The molecule has 0 aromatic heterocycles. The summed E-state index contributed by atoms with van der Waals surface area (Å²) in [7, 11) is 1.56. The minimum absolute atomic E-state index is 0.158. The average molecular weight is 365 g/mol. The second kappa shape index (κ2) is 6.75. The normalized spacial score (nSPS) is 18.3. The third-order valence-electron chi connectivity index (χ3n) is 4.93. The molecule has 2 N–H and O–H groups in total. The topological polar surface area (TPSA) is 87.7 Å². The van der Waals surface area contributed by atoms with Crippen LogP contribution in [-0.4, -0.2) is 42.3 Å². The van der Waals surface area contributed by atoms with Crippen molar-refractivity contribution >= 4 is 29.1 Å². The molecule has 1 fully saturated rings. The number of ether oxygens (including phenoxy) is 1. The summed E-state index contributed by atoms with van der Waals surface area (Å²) >= 11 is 0. The number of anilines is 2. The molecule has 1 atom stereocenters. The molecule has 2 aliphatic heterocycles. The summed E-state index contributed by atoms with van der Waals surface area (Å²) in [5.41, 5.74) is 1.84. The van der Waals surface area contributed by atoms with E-state index in [0.717, 1.165) is 6.42 Å². The highest BCUT2D eigenvalue weighted by atomic mass is 16.5. The van der Waals surface area contributed by atoms with Crippen LogP contribution in [0.1, 0.15) is 33.6 Å². The number of nitrogens with one attached hydrogen (secondary N) is 2. The molecular formula is C20H19N3O4. The predicted octanol–water partition coefficient (Wildman–Crippen LogP) is 2.50. The van der Waals surface area contributed by atoms with Gasteiger partial charge in [0, 0.05) is 17.8 Å². The van der Waals surface area contributed by atoms with Gasteiger partial charge in [-0.3, -0.25) is 14.4 Å². The van der Waals surface area contributed by atoms with Crippen LogP contribution >= 0.6 is 0 Å². The Kier molecular flexibility index (Phi) is 4.27. The summed E-state index contributed by atoms with van der Waals surface area (Å²) in [5.74, 6) is 0.0286. The zero-order chi connectivity index (χ0) is 19.0. The first kappa shape index (κ1) is 17.1. The van der Waals surface area contributed by atoms with Gasteiger partial charge in [-0.1, -0.05) is 0 Å². The maximum absolute atomic E-state index is 12.8. The van der Waals surface area contributed by atoms with Crippen molar-refractivity contribution in [1.29, 1.82) is 0 Å². The van der Waals surface area contributed by atoms with Gasteiger partial charge in [0.2, 0.25) is 5.91 Å². The molecule has 0 saturated carbocycles. The van der Waals surface area contributed by atoms with Gasteiger partial charge in [0.15, 0.2) is 0 Å². The fraction of sp³-hybridized carbons (Fsp3) is 0.250. The number of hydrogen-bond acceptors (Lipinski definition) is 4. The number of methoxy groups -OCH3 is 1. The number of amides is 3. The zero-order valence-corrected chi connectivity index (χ0v) is 14.8. The zero-order valence-electron chi connectivity index (χ0n) is 14.8. The van der Waals surface area contributed by atoms with Crippen LogP contribution < -0.4 is 15.4 Å². The molecule has 27 heavy (non-hydrogen) atoms. The highest BCUT2D eigenvalue weighted by molar-refractivity contribution is 6.11. The summed E-state index contributed by atoms with van der Waals surface area (Å²) in [6, 6.07) is 11.3. The lowest BCUT2D eigenvalue weighted by Gasteiger charge is -2.20. The van der Waals surface area contributed by atoms with Crippen LogP contribution in [-0.2, 0) is 4.79 Å². The Bertz CT molecular complexity index is 923. The minimum atomic E-state index is -0.415. The Balaban J connectivity index is 1.59. The van der Waals surface area contributed by atoms with Gasteiger partial charge in [0.25, 0.3) is 11.8 Å². The molecule has 7 nitrogen and oxygen atoms in total. The van der Waals surface area contributed by atoms with Crippen LogP contribution in [0.25, 0.3) is 0 Å². The summed E-state index contributed by atoms with van der Waals surface area (Å²) in [6.45, 7) is 0.568. The second-order valence-corrected chi connectivity index (χ2v) is 6.59. The highest BCUT2D eigenvalue weighted by Crippen LogP contribution is 2.30. The molecule has 2 aliphatic rings. The van der Waals surface area contributed by atoms with Gasteiger partial charge in [-0.15, -0.1) is 0 Å². The van der Waals surface area contributed by atoms with E-state index in [1.807, 2.05) is 0 Å². The number of rotatable bonds is 3. The van der Waals surface area contributed by atoms with E-state index in [2.05, 4.69) is 10.6 Å². The van der Waals surface area contributed by atoms with Crippen molar-refractivity contribution in [2.75, 3.05) is 24.3 Å². The maximum atomic E-state index is 12.8. The van der Waals surface area contributed by atoms with Gasteiger partial charge in [-0.2, -0.15) is 0 Å². The monoisotopic (exact) mass is 365 g/mol. The minimum Gasteiger partial charge on any atom is -0.497 e. The first-order valence-corrected chi connectivity index (χ1v) is 8.78. The lowest BCUT2D eigenvalue weighted by atomic mass is 10.1. The van der Waals surface area contributed by atoms with E-state index in [9.17, 15) is 14.4 Å². The number of hydrogen-bond donors (Lipinski definition) is 2. The molecule has 2 heterocycles. The highest BCUT2D eigenvalue weighted by Gasteiger charge is 2.38. The van der Waals surface area contributed by atoms with E-state index in [-0.39, 0.29) is 17.7 Å². The molecule has 2 aromatic carbocycles. The van der Waals surface area contributed by atoms with Gasteiger partial charge in [-0.25, -0.2) is 0 Å². The van der Waals surface area contributed by atoms with E-state index in [1.165, 1.54) is 0 Å². The second-order valence-electron chi connectivity index (χ2n) is 6.59. The third kappa shape index (κ3) is 3.12. The van der Waals surface area contributed by atoms with Crippen molar-refractivity contribution in [2.24, 2.45) is 0 Å². The molecule has 2 aromatic rings. The van der Waals surface area contributed by atoms with Crippen LogP contribution in [0.3, 0.4) is 0 Å². The van der Waals surface area contributed by atoms with Gasteiger partial charge in [0.05, 0.1) is 18.4 Å². The Morgan fingerprint density at radius 1 is 1.19 bits per heavy atom. The van der Waals surface area contributed by atoms with Crippen LogP contribution in [0, 0.1) is 0 Å². The van der Waals surface area contributed by atoms with Crippen LogP contribution in [0.2, 0.25) is 0 Å². The molecule has 0 radical (unpaired) electrons. The summed E-state index contributed by atoms with van der Waals surface area (Å²) in [5, 5.41) is 5.62. The Morgan fingerprint density at radius 3 is 2.70 bits per heavy atom. The van der Waals surface area contributed by atoms with Crippen LogP contribution in [0.15, 0.2) is 42.5 Å². The summed E-state index contributed by atoms with van der Waals surface area (Å²) in [4.78, 5) is 39.2. The van der Waals surface area contributed by atoms with E-state index < -0.39 is 6.04 Å². The van der Waals surface area contributed by atoms with E-state index in [1.54, 1.807) is 54.5 Å². The van der Waals surface area contributed by atoms with Gasteiger partial charge in [0.1, 0.15) is 11.8 Å². The van der Waals surface area contributed by atoms with Gasteiger partial charge >= 0.3 is 0 Å². The fourth-order valence-electron chi connectivity index (χ4n) is 3.51. The molecule has 0 unspecified atom stereocenters. The lowest BCUT2D eigenvalue weighted by molar-refractivity contribution is -0.119. The van der Waals surface area contributed by atoms with Crippen molar-refractivity contribution in [3.63, 3.8) is 0 Å². The van der Waals surface area contributed by atoms with Gasteiger partial charge in [-0.05, 0) is 55.3 Å². The molecule has 4 rings (SSSR count). The number of benzene rings is 2. The smallest absolute Gasteiger partial charge is 0.256 e. The van der Waals surface area contributed by atoms with Crippen molar-refractivity contribution in [3.05, 3.63) is 53.6 Å². The molecule has 1 saturated heterocycles. The molecule has 0 bridgehead atoms. The summed E-state index contributed by atoms with van der Waals surface area (Å²) < 4.78 is 5.09. The fourth-order valence-corrected chi connectivity index (χ4v) is 3.51. The van der Waals surface area contributed by atoms with E-state index in [0.29, 0.717) is 41.2 Å². The molecule has 0 spiro atoms. The Morgan fingerprint density at radius 2 is 1.96 bits per heavy atom. The summed E-state index contributed by atoms with van der Waals surface area (Å²) in [6.07, 6.45) is 1.49. The Labute approximate surface area is 156 Å². The number of fused-ring (bicyclic) bond motifs is 2. The first-order valence-electron chi connectivity index (χ1n) is 8.78. The van der Waals surface area contributed by atoms with Crippen LogP contribution in [0.4, 0.5) is 11.4 Å². The predicted molar refractivity (Wildman–Crippen MR) is 100 cm³/mol. The van der Waals surface area contributed by atoms with E-state index in [4.69, 9.17) is 4.74 Å². The Hall–Kier alpha value is -3.35. The molecular weight excluding hydrogens is 346 g/mol. The van der Waals surface area contributed by atoms with E-state index >= 15 is 0 Å². The largest absolute Gasteiger partial charge is 0.497 e. The van der Waals surface area contributed by atoms with Crippen molar-refractivity contribution < 1.29 is 19.1 Å². The number of nitrogens with zero attached hydrogens (tertiary/aromatic N) is 1. The van der Waals surface area contributed by atoms with Crippen molar-refractivity contribution in [1.82, 2.24) is 4.90 Å². The molecule has 138 valence electrons. The quantitative estimate of drug-likeness (QED) is 0.875. The number of carbonyl (C=O) groups excluding carboxylic acids is 3.